The Labute approximate surface area is 99.7 Å². The predicted octanol–water partition coefficient (Wildman–Crippen LogP) is 1.77. The smallest absolute Gasteiger partial charge is 0.234 e. The molecular weight excluding hydrogens is 228 g/mol. The Morgan fingerprint density at radius 1 is 1.27 bits per heavy atom. The lowest BCUT2D eigenvalue weighted by atomic mass is 9.90. The van der Waals surface area contributed by atoms with Gasteiger partial charge in [0.25, 0.3) is 0 Å². The number of rotatable bonds is 3. The van der Waals surface area contributed by atoms with Crippen molar-refractivity contribution in [2.45, 2.75) is 56.2 Å². The van der Waals surface area contributed by atoms with E-state index in [4.69, 9.17) is 5.73 Å². The molecule has 1 rings (SSSR count). The van der Waals surface area contributed by atoms with Gasteiger partial charge in [0.1, 0.15) is 0 Å². The average molecular weight is 248 g/mol. The Balaban J connectivity index is 2.77. The maximum Gasteiger partial charge on any atom is 0.234 e. The minimum atomic E-state index is -0.288. The van der Waals surface area contributed by atoms with Crippen LogP contribution in [-0.2, 0) is 4.79 Å². The third kappa shape index (κ3) is 2.82. The van der Waals surface area contributed by atoms with E-state index in [0.717, 1.165) is 0 Å². The van der Waals surface area contributed by atoms with Gasteiger partial charge in [-0.1, -0.05) is 21.6 Å². The van der Waals surface area contributed by atoms with Gasteiger partial charge in [0, 0.05) is 15.5 Å². The summed E-state index contributed by atoms with van der Waals surface area (Å²) in [7, 11) is 3.74. The van der Waals surface area contributed by atoms with Gasteiger partial charge in [-0.25, -0.2) is 0 Å². The Morgan fingerprint density at radius 2 is 1.67 bits per heavy atom. The van der Waals surface area contributed by atoms with Gasteiger partial charge in [-0.3, -0.25) is 4.79 Å². The van der Waals surface area contributed by atoms with E-state index in [1.807, 2.05) is 28.5 Å². The summed E-state index contributed by atoms with van der Waals surface area (Å²) in [4.78, 5) is 11.1. The van der Waals surface area contributed by atoms with Gasteiger partial charge in [-0.15, -0.1) is 0 Å². The van der Waals surface area contributed by atoms with Gasteiger partial charge in [-0.2, -0.15) is 0 Å². The van der Waals surface area contributed by atoms with Gasteiger partial charge in [0.15, 0.2) is 0 Å². The molecule has 0 aliphatic carbocycles. The zero-order valence-electron chi connectivity index (χ0n) is 9.96. The molecule has 1 atom stereocenters. The van der Waals surface area contributed by atoms with Crippen LogP contribution in [0, 0.1) is 0 Å². The van der Waals surface area contributed by atoms with E-state index in [-0.39, 0.29) is 27.5 Å². The van der Waals surface area contributed by atoms with E-state index in [0.29, 0.717) is 0 Å². The molecular formula is C10H20N2OS2. The maximum atomic E-state index is 11.1. The van der Waals surface area contributed by atoms with Crippen molar-refractivity contribution < 1.29 is 4.79 Å². The highest BCUT2D eigenvalue weighted by Crippen LogP contribution is 2.56. The highest BCUT2D eigenvalue weighted by atomic mass is 33.1. The van der Waals surface area contributed by atoms with Crippen LogP contribution in [0.5, 0.6) is 0 Å². The van der Waals surface area contributed by atoms with Crippen molar-refractivity contribution in [2.24, 2.45) is 5.73 Å². The summed E-state index contributed by atoms with van der Waals surface area (Å²) in [5.74, 6) is -0.288. The molecule has 5 heteroatoms. The quantitative estimate of drug-likeness (QED) is 0.747. The lowest BCUT2D eigenvalue weighted by Gasteiger charge is -2.35. The molecule has 0 spiro atoms. The van der Waals surface area contributed by atoms with Gasteiger partial charge in [0.2, 0.25) is 5.91 Å². The molecule has 1 saturated heterocycles. The minimum Gasteiger partial charge on any atom is -0.368 e. The zero-order valence-corrected chi connectivity index (χ0v) is 11.6. The third-order valence-electron chi connectivity index (χ3n) is 2.71. The van der Waals surface area contributed by atoms with E-state index in [9.17, 15) is 4.79 Å². The van der Waals surface area contributed by atoms with E-state index in [2.05, 4.69) is 33.0 Å². The number of carbonyl (C=O) groups is 1. The highest BCUT2D eigenvalue weighted by Gasteiger charge is 2.49. The molecule has 0 unspecified atom stereocenters. The molecule has 3 N–H and O–H groups in total. The van der Waals surface area contributed by atoms with Crippen LogP contribution in [0.1, 0.15) is 34.6 Å². The Morgan fingerprint density at radius 3 is 2.00 bits per heavy atom. The van der Waals surface area contributed by atoms with Crippen LogP contribution < -0.4 is 11.1 Å². The Bertz CT molecular complexity index is 250. The summed E-state index contributed by atoms with van der Waals surface area (Å²) >= 11 is 0. The standard InChI is InChI=1S/C10H20N2OS2/c1-6(7(11)13)12-8-9(2,3)14-15-10(8,4)5/h6,8,12H,1-5H3,(H2,11,13)/t6-/m1/s1. The van der Waals surface area contributed by atoms with Crippen molar-refractivity contribution in [3.05, 3.63) is 0 Å². The molecule has 1 fully saturated rings. The Hall–Kier alpha value is 0.130. The van der Waals surface area contributed by atoms with Crippen molar-refractivity contribution >= 4 is 27.5 Å². The van der Waals surface area contributed by atoms with Crippen LogP contribution in [0.3, 0.4) is 0 Å². The lowest BCUT2D eigenvalue weighted by molar-refractivity contribution is -0.119. The summed E-state index contributed by atoms with van der Waals surface area (Å²) in [6.45, 7) is 10.6. The van der Waals surface area contributed by atoms with E-state index >= 15 is 0 Å². The van der Waals surface area contributed by atoms with Crippen LogP contribution >= 0.6 is 21.6 Å². The van der Waals surface area contributed by atoms with Crippen LogP contribution in [0.4, 0.5) is 0 Å². The molecule has 0 aromatic rings. The first-order chi connectivity index (χ1) is 6.67. The first-order valence-corrected chi connectivity index (χ1v) is 7.24. The normalized spacial score (nSPS) is 26.5. The number of hydrogen-bond donors (Lipinski definition) is 2. The molecule has 1 aliphatic heterocycles. The van der Waals surface area contributed by atoms with Crippen LogP contribution in [0.15, 0.2) is 0 Å². The maximum absolute atomic E-state index is 11.1. The highest BCUT2D eigenvalue weighted by molar-refractivity contribution is 8.78. The fraction of sp³-hybridized carbons (Fsp3) is 0.900. The second-order valence-electron chi connectivity index (χ2n) is 5.10. The third-order valence-corrected chi connectivity index (χ3v) is 6.95. The van der Waals surface area contributed by atoms with E-state index in [1.165, 1.54) is 0 Å². The van der Waals surface area contributed by atoms with Crippen molar-refractivity contribution in [3.63, 3.8) is 0 Å². The molecule has 0 bridgehead atoms. The summed E-state index contributed by atoms with van der Waals surface area (Å²) in [5.41, 5.74) is 5.28. The van der Waals surface area contributed by atoms with Crippen molar-refractivity contribution in [1.82, 2.24) is 5.32 Å². The first-order valence-electron chi connectivity index (χ1n) is 5.09. The fourth-order valence-electron chi connectivity index (χ4n) is 1.88. The van der Waals surface area contributed by atoms with Gasteiger partial charge in [0.05, 0.1) is 6.04 Å². The van der Waals surface area contributed by atoms with Crippen LogP contribution in [0.25, 0.3) is 0 Å². The number of nitrogens with one attached hydrogen (secondary N) is 1. The van der Waals surface area contributed by atoms with Crippen molar-refractivity contribution in [1.29, 1.82) is 0 Å². The number of hydrogen-bond acceptors (Lipinski definition) is 4. The number of primary amides is 1. The predicted molar refractivity (Wildman–Crippen MR) is 68.9 cm³/mol. The molecule has 88 valence electrons. The number of carbonyl (C=O) groups excluding carboxylic acids is 1. The second-order valence-corrected chi connectivity index (χ2v) is 8.54. The molecule has 0 radical (unpaired) electrons. The van der Waals surface area contributed by atoms with Gasteiger partial charge < -0.3 is 11.1 Å². The lowest BCUT2D eigenvalue weighted by Crippen LogP contribution is -2.57. The molecule has 15 heavy (non-hydrogen) atoms. The summed E-state index contributed by atoms with van der Waals surface area (Å²) in [6, 6.07) is 0.00958. The van der Waals surface area contributed by atoms with Gasteiger partial charge in [-0.05, 0) is 34.6 Å². The molecule has 0 saturated carbocycles. The largest absolute Gasteiger partial charge is 0.368 e. The zero-order chi connectivity index (χ0) is 11.9. The molecule has 1 heterocycles. The number of nitrogens with two attached hydrogens (primary N) is 1. The molecule has 0 aromatic heterocycles. The fourth-order valence-corrected chi connectivity index (χ4v) is 5.17. The van der Waals surface area contributed by atoms with Crippen LogP contribution in [-0.4, -0.2) is 27.5 Å². The van der Waals surface area contributed by atoms with E-state index in [1.54, 1.807) is 0 Å². The molecule has 1 amide bonds. The monoisotopic (exact) mass is 248 g/mol. The van der Waals surface area contributed by atoms with Crippen LogP contribution in [0.2, 0.25) is 0 Å². The molecule has 3 nitrogen and oxygen atoms in total. The summed E-state index contributed by atoms with van der Waals surface area (Å²) < 4.78 is 0.246. The summed E-state index contributed by atoms with van der Waals surface area (Å²) in [6.07, 6.45) is 0. The SMILES string of the molecule is C[C@@H](NC1C(C)(C)SSC1(C)C)C(N)=O. The topological polar surface area (TPSA) is 55.1 Å². The number of amides is 1. The molecule has 1 aliphatic rings. The Kier molecular flexibility index (Phi) is 3.68. The van der Waals surface area contributed by atoms with E-state index < -0.39 is 0 Å². The summed E-state index contributed by atoms with van der Waals surface area (Å²) in [5, 5.41) is 3.34. The first kappa shape index (κ1) is 13.2. The van der Waals surface area contributed by atoms with Crippen molar-refractivity contribution in [2.75, 3.05) is 0 Å². The van der Waals surface area contributed by atoms with Crippen molar-refractivity contribution in [3.8, 4) is 0 Å². The molecule has 0 aromatic carbocycles. The van der Waals surface area contributed by atoms with Gasteiger partial charge >= 0.3 is 0 Å². The second kappa shape index (κ2) is 4.18. The minimum absolute atomic E-state index is 0.123. The average Bonchev–Trinajstić information content (AvgIpc) is 2.28.